The number of hydrogen-bond acceptors (Lipinski definition) is 3. The number of amides is 1. The molecule has 0 aliphatic heterocycles. The van der Waals surface area contributed by atoms with Gasteiger partial charge in [0.25, 0.3) is 5.91 Å². The summed E-state index contributed by atoms with van der Waals surface area (Å²) in [5, 5.41) is 6.12. The van der Waals surface area contributed by atoms with Crippen LogP contribution in [0, 0.1) is 11.6 Å². The Labute approximate surface area is 115 Å². The van der Waals surface area contributed by atoms with Crippen molar-refractivity contribution >= 4 is 33.2 Å². The van der Waals surface area contributed by atoms with E-state index in [-0.39, 0.29) is 21.5 Å². The molecule has 0 saturated heterocycles. The van der Waals surface area contributed by atoms with E-state index in [2.05, 4.69) is 26.3 Å². The zero-order valence-corrected chi connectivity index (χ0v) is 11.3. The molecule has 1 aromatic carbocycles. The molecule has 2 aromatic rings. The molecular formula is C11H9BrF2N4O. The summed E-state index contributed by atoms with van der Waals surface area (Å²) in [6.07, 6.45) is 1.31. The quantitative estimate of drug-likeness (QED) is 0.887. The van der Waals surface area contributed by atoms with Gasteiger partial charge in [-0.05, 0) is 22.0 Å². The average molecular weight is 331 g/mol. The van der Waals surface area contributed by atoms with Crippen LogP contribution in [-0.4, -0.2) is 15.7 Å². The fourth-order valence-corrected chi connectivity index (χ4v) is 2.07. The molecule has 3 N–H and O–H groups in total. The Kier molecular flexibility index (Phi) is 3.52. The van der Waals surface area contributed by atoms with E-state index < -0.39 is 17.5 Å². The van der Waals surface area contributed by atoms with E-state index in [9.17, 15) is 13.6 Å². The molecule has 0 bridgehead atoms. The molecular weight excluding hydrogens is 322 g/mol. The van der Waals surface area contributed by atoms with Crippen molar-refractivity contribution in [2.24, 2.45) is 7.05 Å². The summed E-state index contributed by atoms with van der Waals surface area (Å²) in [6.45, 7) is 0. The van der Waals surface area contributed by atoms with Crippen LogP contribution >= 0.6 is 15.9 Å². The van der Waals surface area contributed by atoms with Crippen LogP contribution in [0.3, 0.4) is 0 Å². The molecule has 2 rings (SSSR count). The number of hydrogen-bond donors (Lipinski definition) is 2. The lowest BCUT2D eigenvalue weighted by molar-refractivity contribution is 0.101. The fourth-order valence-electron chi connectivity index (χ4n) is 1.57. The lowest BCUT2D eigenvalue weighted by Gasteiger charge is -2.09. The zero-order chi connectivity index (χ0) is 14.2. The molecule has 0 fully saturated rings. The van der Waals surface area contributed by atoms with Crippen LogP contribution in [0.4, 0.5) is 20.2 Å². The molecule has 19 heavy (non-hydrogen) atoms. The Hall–Kier alpha value is -1.96. The highest BCUT2D eigenvalue weighted by atomic mass is 79.9. The van der Waals surface area contributed by atoms with Crippen LogP contribution in [0.15, 0.2) is 22.8 Å². The molecule has 0 atom stereocenters. The number of nitrogens with zero attached hydrogens (tertiary/aromatic N) is 2. The van der Waals surface area contributed by atoms with Gasteiger partial charge in [0.15, 0.2) is 5.82 Å². The molecule has 0 aliphatic carbocycles. The van der Waals surface area contributed by atoms with E-state index in [1.165, 1.54) is 17.9 Å². The van der Waals surface area contributed by atoms with Crippen LogP contribution in [0.25, 0.3) is 0 Å². The van der Waals surface area contributed by atoms with Crippen molar-refractivity contribution in [1.82, 2.24) is 9.78 Å². The van der Waals surface area contributed by atoms with E-state index in [1.54, 1.807) is 0 Å². The van der Waals surface area contributed by atoms with E-state index in [1.807, 2.05) is 0 Å². The highest BCUT2D eigenvalue weighted by Crippen LogP contribution is 2.27. The average Bonchev–Trinajstić information content (AvgIpc) is 2.63. The predicted octanol–water partition coefficient (Wildman–Crippen LogP) is 2.30. The van der Waals surface area contributed by atoms with Crippen molar-refractivity contribution in [1.29, 1.82) is 0 Å². The smallest absolute Gasteiger partial charge is 0.276 e. The second-order valence-electron chi connectivity index (χ2n) is 3.77. The topological polar surface area (TPSA) is 72.9 Å². The first-order chi connectivity index (χ1) is 8.90. The van der Waals surface area contributed by atoms with Gasteiger partial charge in [-0.3, -0.25) is 9.48 Å². The monoisotopic (exact) mass is 330 g/mol. The Bertz CT molecular complexity index is 614. The number of carbonyl (C=O) groups excluding carboxylic acids is 1. The molecule has 0 spiro atoms. The van der Waals surface area contributed by atoms with Gasteiger partial charge in [-0.25, -0.2) is 8.78 Å². The number of nitrogens with one attached hydrogen (secondary N) is 1. The van der Waals surface area contributed by atoms with E-state index in [0.717, 1.165) is 6.07 Å². The lowest BCUT2D eigenvalue weighted by Crippen LogP contribution is -2.18. The van der Waals surface area contributed by atoms with Gasteiger partial charge in [0.2, 0.25) is 0 Å². The summed E-state index contributed by atoms with van der Waals surface area (Å²) < 4.78 is 27.9. The summed E-state index contributed by atoms with van der Waals surface area (Å²) in [7, 11) is 1.53. The van der Waals surface area contributed by atoms with Gasteiger partial charge in [-0.2, -0.15) is 5.10 Å². The van der Waals surface area contributed by atoms with Gasteiger partial charge in [0, 0.05) is 17.6 Å². The SMILES string of the molecule is Cn1ncc(N)c1C(=O)Nc1c(F)cc(F)cc1Br. The summed E-state index contributed by atoms with van der Waals surface area (Å²) in [6, 6.07) is 1.72. The number of halogens is 3. The van der Waals surface area contributed by atoms with Crippen molar-refractivity contribution < 1.29 is 13.6 Å². The van der Waals surface area contributed by atoms with Gasteiger partial charge in [-0.1, -0.05) is 0 Å². The Morgan fingerprint density at radius 2 is 2.16 bits per heavy atom. The van der Waals surface area contributed by atoms with Gasteiger partial charge in [0.1, 0.15) is 11.5 Å². The summed E-state index contributed by atoms with van der Waals surface area (Å²) in [4.78, 5) is 12.0. The number of benzene rings is 1. The van der Waals surface area contributed by atoms with Crippen LogP contribution < -0.4 is 11.1 Å². The zero-order valence-electron chi connectivity index (χ0n) is 9.75. The molecule has 1 amide bonds. The Balaban J connectivity index is 2.35. The summed E-state index contributed by atoms with van der Waals surface area (Å²) >= 11 is 2.98. The number of nitrogen functional groups attached to an aromatic ring is 1. The maximum atomic E-state index is 13.6. The molecule has 0 radical (unpaired) electrons. The standard InChI is InChI=1S/C11H9BrF2N4O/c1-18-10(8(15)4-16-18)11(19)17-9-6(12)2-5(13)3-7(9)14/h2-4H,15H2,1H3,(H,17,19). The van der Waals surface area contributed by atoms with Gasteiger partial charge in [0.05, 0.1) is 17.6 Å². The van der Waals surface area contributed by atoms with Gasteiger partial charge < -0.3 is 11.1 Å². The summed E-state index contributed by atoms with van der Waals surface area (Å²) in [5.74, 6) is -2.27. The van der Waals surface area contributed by atoms with Crippen LogP contribution in [0.2, 0.25) is 0 Å². The van der Waals surface area contributed by atoms with Crippen LogP contribution in [0.5, 0.6) is 0 Å². The molecule has 100 valence electrons. The third kappa shape index (κ3) is 2.58. The van der Waals surface area contributed by atoms with Crippen molar-refractivity contribution in [3.05, 3.63) is 40.1 Å². The number of rotatable bonds is 2. The first kappa shape index (κ1) is 13.5. The molecule has 0 aliphatic rings. The number of nitrogens with two attached hydrogens (primary N) is 1. The number of aryl methyl sites for hydroxylation is 1. The van der Waals surface area contributed by atoms with Crippen LogP contribution in [-0.2, 0) is 7.05 Å². The van der Waals surface area contributed by atoms with E-state index >= 15 is 0 Å². The second-order valence-corrected chi connectivity index (χ2v) is 4.63. The largest absolute Gasteiger partial charge is 0.396 e. The highest BCUT2D eigenvalue weighted by molar-refractivity contribution is 9.10. The molecule has 8 heteroatoms. The van der Waals surface area contributed by atoms with E-state index in [0.29, 0.717) is 6.07 Å². The first-order valence-corrected chi connectivity index (χ1v) is 5.93. The minimum absolute atomic E-state index is 0.0932. The Morgan fingerprint density at radius 1 is 1.47 bits per heavy atom. The van der Waals surface area contributed by atoms with Gasteiger partial charge in [-0.15, -0.1) is 0 Å². The van der Waals surface area contributed by atoms with E-state index in [4.69, 9.17) is 5.73 Å². The normalized spacial score (nSPS) is 10.5. The second kappa shape index (κ2) is 4.96. The highest BCUT2D eigenvalue weighted by Gasteiger charge is 2.18. The molecule has 0 unspecified atom stereocenters. The maximum absolute atomic E-state index is 13.6. The Morgan fingerprint density at radius 3 is 2.68 bits per heavy atom. The summed E-state index contributed by atoms with van der Waals surface area (Å²) in [5.41, 5.74) is 5.68. The predicted molar refractivity (Wildman–Crippen MR) is 69.6 cm³/mol. The third-order valence-electron chi connectivity index (χ3n) is 2.43. The lowest BCUT2D eigenvalue weighted by atomic mass is 10.2. The minimum atomic E-state index is -0.888. The van der Waals surface area contributed by atoms with Crippen molar-refractivity contribution in [2.45, 2.75) is 0 Å². The van der Waals surface area contributed by atoms with Crippen molar-refractivity contribution in [2.75, 3.05) is 11.1 Å². The number of aromatic nitrogens is 2. The number of carbonyl (C=O) groups is 1. The molecule has 0 saturated carbocycles. The first-order valence-electron chi connectivity index (χ1n) is 5.13. The number of anilines is 2. The molecule has 1 aromatic heterocycles. The van der Waals surface area contributed by atoms with Crippen molar-refractivity contribution in [3.8, 4) is 0 Å². The maximum Gasteiger partial charge on any atom is 0.276 e. The minimum Gasteiger partial charge on any atom is -0.396 e. The molecule has 5 nitrogen and oxygen atoms in total. The van der Waals surface area contributed by atoms with Gasteiger partial charge >= 0.3 is 0 Å². The molecule has 1 heterocycles. The van der Waals surface area contributed by atoms with Crippen LogP contribution in [0.1, 0.15) is 10.5 Å². The fraction of sp³-hybridized carbons (Fsp3) is 0.0909. The van der Waals surface area contributed by atoms with Crippen molar-refractivity contribution in [3.63, 3.8) is 0 Å². The third-order valence-corrected chi connectivity index (χ3v) is 3.05.